The van der Waals surface area contributed by atoms with Gasteiger partial charge in [0.25, 0.3) is 0 Å². The Kier molecular flexibility index (Phi) is 8.96. The first-order valence-electron chi connectivity index (χ1n) is 12.3. The van der Waals surface area contributed by atoms with Crippen LogP contribution in [0.5, 0.6) is 11.5 Å². The van der Waals surface area contributed by atoms with Gasteiger partial charge in [-0.2, -0.15) is 0 Å². The number of aromatic nitrogens is 1. The number of aliphatic imine (C=N–C) groups is 1. The zero-order chi connectivity index (χ0) is 27.1. The minimum Gasteiger partial charge on any atom is -0.497 e. The summed E-state index contributed by atoms with van der Waals surface area (Å²) in [4.78, 5) is 33.4. The number of esters is 1. The number of ether oxygens (including phenoxy) is 3. The van der Waals surface area contributed by atoms with E-state index in [4.69, 9.17) is 19.2 Å². The van der Waals surface area contributed by atoms with Crippen LogP contribution in [0.3, 0.4) is 0 Å². The Morgan fingerprint density at radius 3 is 2.66 bits per heavy atom. The van der Waals surface area contributed by atoms with Crippen LogP contribution < -0.4 is 20.1 Å². The maximum Gasteiger partial charge on any atom is 0.338 e. The largest absolute Gasteiger partial charge is 0.497 e. The summed E-state index contributed by atoms with van der Waals surface area (Å²) in [5.74, 6) is 1.11. The van der Waals surface area contributed by atoms with E-state index in [1.54, 1.807) is 21.1 Å². The monoisotopic (exact) mass is 536 g/mol. The van der Waals surface area contributed by atoms with Crippen LogP contribution in [-0.4, -0.2) is 55.2 Å². The second kappa shape index (κ2) is 12.6. The van der Waals surface area contributed by atoms with Gasteiger partial charge in [0, 0.05) is 29.3 Å². The summed E-state index contributed by atoms with van der Waals surface area (Å²) in [7, 11) is 3.23. The van der Waals surface area contributed by atoms with Crippen LogP contribution in [0.4, 0.5) is 0 Å². The molecular weight excluding hydrogens is 504 g/mol. The van der Waals surface area contributed by atoms with Crippen molar-refractivity contribution in [1.29, 1.82) is 0 Å². The summed E-state index contributed by atoms with van der Waals surface area (Å²) >= 11 is 1.29. The topological polar surface area (TPSA) is 114 Å². The van der Waals surface area contributed by atoms with Gasteiger partial charge in [0.15, 0.2) is 5.17 Å². The van der Waals surface area contributed by atoms with Gasteiger partial charge >= 0.3 is 5.97 Å². The fraction of sp³-hybridized carbons (Fsp3) is 0.321. The first kappa shape index (κ1) is 27.1. The Labute approximate surface area is 226 Å². The molecule has 9 nitrogen and oxygen atoms in total. The number of thioether (sulfide) groups is 1. The van der Waals surface area contributed by atoms with Crippen LogP contribution in [-0.2, 0) is 20.7 Å². The highest BCUT2D eigenvalue weighted by molar-refractivity contribution is 8.14. The first-order valence-corrected chi connectivity index (χ1v) is 13.3. The number of rotatable bonds is 10. The number of hydrogen-bond donors (Lipinski definition) is 3. The summed E-state index contributed by atoms with van der Waals surface area (Å²) in [5, 5.41) is 7.78. The quantitative estimate of drug-likeness (QED) is 0.334. The molecule has 38 heavy (non-hydrogen) atoms. The third-order valence-electron chi connectivity index (χ3n) is 6.15. The first-order chi connectivity index (χ1) is 18.4. The van der Waals surface area contributed by atoms with Crippen molar-refractivity contribution in [2.24, 2.45) is 4.99 Å². The molecule has 4 rings (SSSR count). The average molecular weight is 537 g/mol. The number of fused-ring (bicyclic) bond motifs is 1. The number of hydrogen-bond acceptors (Lipinski definition) is 8. The molecule has 1 atom stereocenters. The van der Waals surface area contributed by atoms with E-state index in [2.05, 4.69) is 15.6 Å². The number of H-pyrrole nitrogens is 1. The minimum atomic E-state index is -0.574. The standard InChI is InChI=1S/C28H32N4O5S/c1-5-37-27(34)25-17(2)31-28(32-26(25)18-7-6-8-20(13-18)35-3)38-16-24(33)29-12-11-19-15-30-23-10-9-21(36-4)14-22(19)23/h6-10,13-15,26,30H,5,11-12,16H2,1-4H3,(H,29,33)(H,31,32). The molecule has 1 aromatic heterocycles. The third-order valence-corrected chi connectivity index (χ3v) is 7.04. The maximum atomic E-state index is 12.8. The molecule has 0 aliphatic carbocycles. The fourth-order valence-electron chi connectivity index (χ4n) is 4.26. The number of nitrogens with zero attached hydrogens (tertiary/aromatic N) is 1. The van der Waals surface area contributed by atoms with Crippen molar-refractivity contribution >= 4 is 39.7 Å². The highest BCUT2D eigenvalue weighted by Gasteiger charge is 2.30. The SMILES string of the molecule is CCOC(=O)C1=C(C)NC(SCC(=O)NCCc2c[nH]c3ccc(OC)cc23)=NC1c1cccc(OC)c1. The van der Waals surface area contributed by atoms with E-state index >= 15 is 0 Å². The van der Waals surface area contributed by atoms with Crippen molar-refractivity contribution in [3.8, 4) is 11.5 Å². The van der Waals surface area contributed by atoms with E-state index in [-0.39, 0.29) is 18.3 Å². The summed E-state index contributed by atoms with van der Waals surface area (Å²) in [6.45, 7) is 4.34. The number of amidine groups is 1. The van der Waals surface area contributed by atoms with E-state index in [1.807, 2.05) is 55.6 Å². The normalized spacial score (nSPS) is 15.1. The molecule has 0 spiro atoms. The van der Waals surface area contributed by atoms with Crippen molar-refractivity contribution in [2.45, 2.75) is 26.3 Å². The molecule has 3 aromatic rings. The number of methoxy groups -OCH3 is 2. The average Bonchev–Trinajstić information content (AvgIpc) is 3.33. The van der Waals surface area contributed by atoms with Gasteiger partial charge in [-0.25, -0.2) is 9.79 Å². The highest BCUT2D eigenvalue weighted by Crippen LogP contribution is 2.34. The van der Waals surface area contributed by atoms with E-state index < -0.39 is 12.0 Å². The lowest BCUT2D eigenvalue weighted by atomic mass is 9.96. The predicted molar refractivity (Wildman–Crippen MR) is 150 cm³/mol. The van der Waals surface area contributed by atoms with Crippen LogP contribution >= 0.6 is 11.8 Å². The number of allylic oxidation sites excluding steroid dienone is 1. The van der Waals surface area contributed by atoms with Gasteiger partial charge in [0.05, 0.1) is 32.2 Å². The van der Waals surface area contributed by atoms with Gasteiger partial charge in [-0.15, -0.1) is 0 Å². The maximum absolute atomic E-state index is 12.8. The van der Waals surface area contributed by atoms with Gasteiger partial charge in [-0.3, -0.25) is 4.79 Å². The van der Waals surface area contributed by atoms with Gasteiger partial charge in [-0.05, 0) is 61.7 Å². The number of carbonyl (C=O) groups is 2. The number of nitrogens with one attached hydrogen (secondary N) is 3. The zero-order valence-electron chi connectivity index (χ0n) is 21.9. The summed E-state index contributed by atoms with van der Waals surface area (Å²) < 4.78 is 16.0. The zero-order valence-corrected chi connectivity index (χ0v) is 22.7. The molecule has 0 saturated carbocycles. The molecule has 1 unspecified atom stereocenters. The van der Waals surface area contributed by atoms with Gasteiger partial charge < -0.3 is 29.8 Å². The van der Waals surface area contributed by atoms with Crippen molar-refractivity contribution < 1.29 is 23.8 Å². The molecule has 0 radical (unpaired) electrons. The Hall–Kier alpha value is -3.92. The number of benzene rings is 2. The van der Waals surface area contributed by atoms with E-state index in [0.29, 0.717) is 35.2 Å². The van der Waals surface area contributed by atoms with Crippen LogP contribution in [0.25, 0.3) is 10.9 Å². The van der Waals surface area contributed by atoms with Crippen LogP contribution in [0.2, 0.25) is 0 Å². The van der Waals surface area contributed by atoms with Crippen molar-refractivity contribution in [3.05, 3.63) is 71.1 Å². The fourth-order valence-corrected chi connectivity index (χ4v) is 5.03. The molecule has 2 heterocycles. The molecular formula is C28H32N4O5S. The molecule has 3 N–H and O–H groups in total. The van der Waals surface area contributed by atoms with Gasteiger partial charge in [-0.1, -0.05) is 23.9 Å². The molecule has 1 aliphatic heterocycles. The molecule has 200 valence electrons. The summed E-state index contributed by atoms with van der Waals surface area (Å²) in [6.07, 6.45) is 2.64. The Morgan fingerprint density at radius 2 is 1.89 bits per heavy atom. The van der Waals surface area contributed by atoms with Gasteiger partial charge in [0.1, 0.15) is 17.5 Å². The van der Waals surface area contributed by atoms with Crippen molar-refractivity contribution in [3.63, 3.8) is 0 Å². The Balaban J connectivity index is 1.39. The molecule has 2 aromatic carbocycles. The smallest absolute Gasteiger partial charge is 0.338 e. The number of carbonyl (C=O) groups excluding carboxylic acids is 2. The number of amides is 1. The van der Waals surface area contributed by atoms with Crippen LogP contribution in [0.1, 0.15) is 31.0 Å². The second-order valence-electron chi connectivity index (χ2n) is 8.61. The molecule has 10 heteroatoms. The Bertz CT molecular complexity index is 1380. The highest BCUT2D eigenvalue weighted by atomic mass is 32.2. The molecule has 1 amide bonds. The second-order valence-corrected chi connectivity index (χ2v) is 9.58. The van der Waals surface area contributed by atoms with Crippen LogP contribution in [0, 0.1) is 0 Å². The van der Waals surface area contributed by atoms with Gasteiger partial charge in [0.2, 0.25) is 5.91 Å². The lowest BCUT2D eigenvalue weighted by Gasteiger charge is -2.26. The lowest BCUT2D eigenvalue weighted by molar-refractivity contribution is -0.139. The van der Waals surface area contributed by atoms with Crippen LogP contribution in [0.15, 0.2) is 64.9 Å². The molecule has 1 aliphatic rings. The summed E-state index contributed by atoms with van der Waals surface area (Å²) in [5.41, 5.74) is 4.01. The summed E-state index contributed by atoms with van der Waals surface area (Å²) in [6, 6.07) is 12.7. The number of aromatic amines is 1. The van der Waals surface area contributed by atoms with E-state index in [1.165, 1.54) is 11.8 Å². The van der Waals surface area contributed by atoms with E-state index in [0.717, 1.165) is 27.8 Å². The van der Waals surface area contributed by atoms with E-state index in [9.17, 15) is 9.59 Å². The molecule has 0 fully saturated rings. The van der Waals surface area contributed by atoms with Crippen molar-refractivity contribution in [2.75, 3.05) is 33.1 Å². The molecule has 0 bridgehead atoms. The molecule has 0 saturated heterocycles. The minimum absolute atomic E-state index is 0.104. The van der Waals surface area contributed by atoms with Crippen molar-refractivity contribution in [1.82, 2.24) is 15.6 Å². The third kappa shape index (κ3) is 6.31. The lowest BCUT2D eigenvalue weighted by Crippen LogP contribution is -2.33. The Morgan fingerprint density at radius 1 is 1.11 bits per heavy atom. The predicted octanol–water partition coefficient (Wildman–Crippen LogP) is 4.11.